The fourth-order valence-corrected chi connectivity index (χ4v) is 0.324. The predicted molar refractivity (Wildman–Crippen MR) is 31.9 cm³/mol. The van der Waals surface area contributed by atoms with Crippen molar-refractivity contribution >= 4 is 5.97 Å². The Labute approximate surface area is 62.3 Å². The monoisotopic (exact) mass is 170 g/mol. The maximum Gasteiger partial charge on any atom is 0.490 e. The number of carbonyl (C=O) groups excluding carboxylic acids is 1. The summed E-state index contributed by atoms with van der Waals surface area (Å²) in [6.45, 7) is 3.12. The first kappa shape index (κ1) is 10.3. The molecular formula is C6H9F3O2. The van der Waals surface area contributed by atoms with Gasteiger partial charge in [-0.25, -0.2) is 4.79 Å². The predicted octanol–water partition coefficient (Wildman–Crippen LogP) is 1.75. The van der Waals surface area contributed by atoms with Gasteiger partial charge < -0.3 is 4.74 Å². The highest BCUT2D eigenvalue weighted by atomic mass is 19.4. The molecule has 0 atom stereocenters. The number of esters is 1. The summed E-state index contributed by atoms with van der Waals surface area (Å²) >= 11 is 0. The van der Waals surface area contributed by atoms with Crippen molar-refractivity contribution in [3.63, 3.8) is 0 Å². The Kier molecular flexibility index (Phi) is 3.35. The van der Waals surface area contributed by atoms with Gasteiger partial charge in [-0.1, -0.05) is 13.8 Å². The molecule has 0 saturated carbocycles. The minimum atomic E-state index is -4.87. The van der Waals surface area contributed by atoms with Crippen LogP contribution in [0, 0.1) is 5.92 Å². The molecule has 0 bridgehead atoms. The van der Waals surface area contributed by atoms with Crippen LogP contribution in [0.1, 0.15) is 13.8 Å². The van der Waals surface area contributed by atoms with Gasteiger partial charge in [0.15, 0.2) is 0 Å². The average Bonchev–Trinajstić information content (AvgIpc) is 1.80. The van der Waals surface area contributed by atoms with Crippen LogP contribution in [-0.2, 0) is 9.53 Å². The minimum Gasteiger partial charge on any atom is -0.459 e. The third kappa shape index (κ3) is 4.64. The van der Waals surface area contributed by atoms with Crippen LogP contribution in [0.25, 0.3) is 0 Å². The molecule has 0 N–H and O–H groups in total. The Balaban J connectivity index is 3.71. The van der Waals surface area contributed by atoms with E-state index in [9.17, 15) is 18.0 Å². The number of alkyl halides is 3. The van der Waals surface area contributed by atoms with E-state index >= 15 is 0 Å². The van der Waals surface area contributed by atoms with Crippen molar-refractivity contribution in [2.24, 2.45) is 5.92 Å². The van der Waals surface area contributed by atoms with Gasteiger partial charge >= 0.3 is 12.1 Å². The molecule has 0 aliphatic rings. The lowest BCUT2D eigenvalue weighted by molar-refractivity contribution is -0.200. The number of ether oxygens (including phenoxy) is 1. The molecule has 0 rings (SSSR count). The minimum absolute atomic E-state index is 0.0821. The molecule has 0 unspecified atom stereocenters. The highest BCUT2D eigenvalue weighted by molar-refractivity contribution is 5.75. The molecule has 0 aromatic heterocycles. The maximum atomic E-state index is 11.4. The van der Waals surface area contributed by atoms with Crippen LogP contribution in [-0.4, -0.2) is 18.8 Å². The molecule has 0 aliphatic heterocycles. The Hall–Kier alpha value is -0.740. The van der Waals surface area contributed by atoms with Crippen LogP contribution in [0.4, 0.5) is 13.2 Å². The molecule has 0 aliphatic carbocycles. The second-order valence-electron chi connectivity index (χ2n) is 2.49. The van der Waals surface area contributed by atoms with Crippen LogP contribution >= 0.6 is 0 Å². The zero-order valence-electron chi connectivity index (χ0n) is 6.23. The van der Waals surface area contributed by atoms with E-state index in [0.717, 1.165) is 0 Å². The SMILES string of the molecule is CC(C)COC(=O)C(F)(F)F. The maximum absolute atomic E-state index is 11.4. The first-order valence-electron chi connectivity index (χ1n) is 3.08. The van der Waals surface area contributed by atoms with E-state index in [1.165, 1.54) is 0 Å². The molecule has 66 valence electrons. The van der Waals surface area contributed by atoms with Crippen LogP contribution in [0.2, 0.25) is 0 Å². The summed E-state index contributed by atoms with van der Waals surface area (Å²) in [5.74, 6) is -2.20. The van der Waals surface area contributed by atoms with E-state index < -0.39 is 12.1 Å². The van der Waals surface area contributed by atoms with Gasteiger partial charge in [-0.2, -0.15) is 13.2 Å². The smallest absolute Gasteiger partial charge is 0.459 e. The zero-order valence-corrected chi connectivity index (χ0v) is 6.23. The molecule has 2 nitrogen and oxygen atoms in total. The van der Waals surface area contributed by atoms with Crippen molar-refractivity contribution < 1.29 is 22.7 Å². The van der Waals surface area contributed by atoms with Gasteiger partial charge in [-0.15, -0.1) is 0 Å². The van der Waals surface area contributed by atoms with E-state index in [-0.39, 0.29) is 12.5 Å². The number of carbonyl (C=O) groups is 1. The summed E-state index contributed by atoms with van der Waals surface area (Å²) in [4.78, 5) is 10.0. The lowest BCUT2D eigenvalue weighted by atomic mass is 10.2. The fraction of sp³-hybridized carbons (Fsp3) is 0.833. The number of halogens is 3. The summed E-state index contributed by atoms with van der Waals surface area (Å²) < 4.78 is 38.2. The van der Waals surface area contributed by atoms with Crippen LogP contribution in [0.5, 0.6) is 0 Å². The molecule has 0 amide bonds. The van der Waals surface area contributed by atoms with Crippen molar-refractivity contribution in [1.82, 2.24) is 0 Å². The van der Waals surface area contributed by atoms with Gasteiger partial charge in [0.1, 0.15) is 0 Å². The zero-order chi connectivity index (χ0) is 9.07. The summed E-state index contributed by atoms with van der Waals surface area (Å²) in [5.41, 5.74) is 0. The third-order valence-electron chi connectivity index (χ3n) is 0.779. The van der Waals surface area contributed by atoms with Crippen molar-refractivity contribution in [3.8, 4) is 0 Å². The average molecular weight is 170 g/mol. The highest BCUT2D eigenvalue weighted by Gasteiger charge is 2.40. The van der Waals surface area contributed by atoms with Gasteiger partial charge in [0.05, 0.1) is 6.61 Å². The van der Waals surface area contributed by atoms with Gasteiger partial charge in [0, 0.05) is 0 Å². The Morgan fingerprint density at radius 1 is 1.45 bits per heavy atom. The molecule has 11 heavy (non-hydrogen) atoms. The van der Waals surface area contributed by atoms with Crippen LogP contribution < -0.4 is 0 Å². The summed E-state index contributed by atoms with van der Waals surface area (Å²) in [5, 5.41) is 0. The Morgan fingerprint density at radius 2 is 1.91 bits per heavy atom. The van der Waals surface area contributed by atoms with Crippen LogP contribution in [0.15, 0.2) is 0 Å². The van der Waals surface area contributed by atoms with Crippen molar-refractivity contribution in [2.45, 2.75) is 20.0 Å². The Bertz CT molecular complexity index is 139. The van der Waals surface area contributed by atoms with Gasteiger partial charge in [-0.05, 0) is 5.92 Å². The summed E-state index contributed by atoms with van der Waals surface area (Å²) in [6, 6.07) is 0. The standard InChI is InChI=1S/C6H9F3O2/c1-4(2)3-11-5(10)6(7,8)9/h4H,3H2,1-2H3. The van der Waals surface area contributed by atoms with Crippen molar-refractivity contribution in [1.29, 1.82) is 0 Å². The Morgan fingerprint density at radius 3 is 2.18 bits per heavy atom. The number of rotatable bonds is 2. The van der Waals surface area contributed by atoms with Crippen molar-refractivity contribution in [3.05, 3.63) is 0 Å². The van der Waals surface area contributed by atoms with Crippen LogP contribution in [0.3, 0.4) is 0 Å². The largest absolute Gasteiger partial charge is 0.490 e. The third-order valence-corrected chi connectivity index (χ3v) is 0.779. The molecule has 0 heterocycles. The lowest BCUT2D eigenvalue weighted by Crippen LogP contribution is -2.26. The molecule has 0 aromatic carbocycles. The van der Waals surface area contributed by atoms with Crippen molar-refractivity contribution in [2.75, 3.05) is 6.61 Å². The molecule has 0 spiro atoms. The quantitative estimate of drug-likeness (QED) is 0.590. The topological polar surface area (TPSA) is 26.3 Å². The molecule has 0 fully saturated rings. The summed E-state index contributed by atoms with van der Waals surface area (Å²) in [6.07, 6.45) is -4.87. The number of hydrogen-bond donors (Lipinski definition) is 0. The number of hydrogen-bond acceptors (Lipinski definition) is 2. The fourth-order valence-electron chi connectivity index (χ4n) is 0.324. The normalized spacial score (nSPS) is 11.8. The van der Waals surface area contributed by atoms with E-state index in [0.29, 0.717) is 0 Å². The van der Waals surface area contributed by atoms with Gasteiger partial charge in [-0.3, -0.25) is 0 Å². The second-order valence-corrected chi connectivity index (χ2v) is 2.49. The van der Waals surface area contributed by atoms with Gasteiger partial charge in [0.2, 0.25) is 0 Å². The lowest BCUT2D eigenvalue weighted by Gasteiger charge is -2.08. The summed E-state index contributed by atoms with van der Waals surface area (Å²) in [7, 11) is 0. The molecule has 0 radical (unpaired) electrons. The second kappa shape index (κ2) is 3.59. The van der Waals surface area contributed by atoms with E-state index in [2.05, 4.69) is 4.74 Å². The first-order valence-corrected chi connectivity index (χ1v) is 3.08. The molecule has 0 saturated heterocycles. The van der Waals surface area contributed by atoms with E-state index in [1.807, 2.05) is 0 Å². The molecule has 0 aromatic rings. The van der Waals surface area contributed by atoms with Gasteiger partial charge in [0.25, 0.3) is 0 Å². The van der Waals surface area contributed by atoms with E-state index in [1.54, 1.807) is 13.8 Å². The first-order chi connectivity index (χ1) is 4.84. The molecule has 5 heteroatoms. The van der Waals surface area contributed by atoms with E-state index in [4.69, 9.17) is 0 Å². The highest BCUT2D eigenvalue weighted by Crippen LogP contribution is 2.16. The molecular weight excluding hydrogens is 161 g/mol.